The molecule has 26 heavy (non-hydrogen) atoms. The van der Waals surface area contributed by atoms with Crippen LogP contribution >= 0.6 is 0 Å². The zero-order valence-corrected chi connectivity index (χ0v) is 14.2. The van der Waals surface area contributed by atoms with Crippen molar-refractivity contribution in [1.82, 2.24) is 0 Å². The molecule has 2 aromatic carbocycles. The molecular weight excluding hydrogens is 348 g/mol. The van der Waals surface area contributed by atoms with Gasteiger partial charge in [0.05, 0.1) is 20.6 Å². The summed E-state index contributed by atoms with van der Waals surface area (Å²) in [7, 11) is 2.97. The first-order valence-corrected chi connectivity index (χ1v) is 7.54. The van der Waals surface area contributed by atoms with E-state index in [1.54, 1.807) is 18.2 Å². The Labute approximate surface area is 148 Å². The summed E-state index contributed by atoms with van der Waals surface area (Å²) in [4.78, 5) is 23.6. The molecule has 0 radical (unpaired) electrons. The number of hydrogen-bond acceptors (Lipinski definition) is 5. The molecule has 2 rings (SSSR count). The van der Waals surface area contributed by atoms with Gasteiger partial charge in [-0.05, 0) is 18.2 Å². The van der Waals surface area contributed by atoms with Crippen molar-refractivity contribution in [3.8, 4) is 11.5 Å². The molecule has 8 heteroatoms. The van der Waals surface area contributed by atoms with Crippen LogP contribution < -0.4 is 14.8 Å². The van der Waals surface area contributed by atoms with Crippen LogP contribution in [0.5, 0.6) is 11.5 Å². The van der Waals surface area contributed by atoms with Gasteiger partial charge in [-0.2, -0.15) is 0 Å². The molecule has 0 aliphatic rings. The van der Waals surface area contributed by atoms with E-state index in [1.807, 2.05) is 0 Å². The van der Waals surface area contributed by atoms with Crippen LogP contribution in [0.15, 0.2) is 36.4 Å². The smallest absolute Gasteiger partial charge is 0.310 e. The van der Waals surface area contributed by atoms with Gasteiger partial charge in [-0.25, -0.2) is 8.78 Å². The minimum atomic E-state index is -1.09. The molecule has 1 N–H and O–H groups in total. The summed E-state index contributed by atoms with van der Waals surface area (Å²) in [5.74, 6) is -2.41. The summed E-state index contributed by atoms with van der Waals surface area (Å²) < 4.78 is 41.0. The Balaban J connectivity index is 1.88. The molecule has 0 aliphatic carbocycles. The molecular formula is C18H17F2NO5. The van der Waals surface area contributed by atoms with E-state index in [4.69, 9.17) is 14.2 Å². The van der Waals surface area contributed by atoms with Crippen molar-refractivity contribution in [1.29, 1.82) is 0 Å². The molecule has 0 fully saturated rings. The summed E-state index contributed by atoms with van der Waals surface area (Å²) in [5, 5.41) is 2.30. The molecule has 6 nitrogen and oxygen atoms in total. The second kappa shape index (κ2) is 8.80. The number of amides is 1. The first-order valence-electron chi connectivity index (χ1n) is 7.54. The summed E-state index contributed by atoms with van der Waals surface area (Å²) in [6, 6.07) is 7.85. The Morgan fingerprint density at radius 2 is 1.77 bits per heavy atom. The monoisotopic (exact) mass is 365 g/mol. The number of benzene rings is 2. The summed E-state index contributed by atoms with van der Waals surface area (Å²) in [5.41, 5.74) is 0.626. The minimum absolute atomic E-state index is 0.0572. The van der Waals surface area contributed by atoms with Gasteiger partial charge in [0.2, 0.25) is 0 Å². The van der Waals surface area contributed by atoms with E-state index in [0.29, 0.717) is 17.1 Å². The Hall–Kier alpha value is -3.16. The van der Waals surface area contributed by atoms with Crippen LogP contribution in [-0.4, -0.2) is 32.7 Å². The standard InChI is InChI=1S/C18H17F2NO5/c1-24-13-5-3-11(16(9-13)25-2)7-18(23)26-10-17(22)21-12-4-6-14(19)15(20)8-12/h3-6,8-9H,7,10H2,1-2H3,(H,21,22). The Morgan fingerprint density at radius 1 is 1.00 bits per heavy atom. The Kier molecular flexibility index (Phi) is 6.48. The maximum absolute atomic E-state index is 13.1. The van der Waals surface area contributed by atoms with E-state index in [2.05, 4.69) is 5.32 Å². The van der Waals surface area contributed by atoms with Crippen molar-refractivity contribution in [3.05, 3.63) is 53.6 Å². The van der Waals surface area contributed by atoms with Gasteiger partial charge in [0.25, 0.3) is 5.91 Å². The minimum Gasteiger partial charge on any atom is -0.497 e. The van der Waals surface area contributed by atoms with Crippen LogP contribution in [0.2, 0.25) is 0 Å². The SMILES string of the molecule is COc1ccc(CC(=O)OCC(=O)Nc2ccc(F)c(F)c2)c(OC)c1. The zero-order valence-electron chi connectivity index (χ0n) is 14.2. The normalized spacial score (nSPS) is 10.2. The van der Waals surface area contributed by atoms with E-state index in [9.17, 15) is 18.4 Å². The van der Waals surface area contributed by atoms with Crippen LogP contribution in [0, 0.1) is 11.6 Å². The molecule has 0 heterocycles. The Morgan fingerprint density at radius 3 is 2.42 bits per heavy atom. The van der Waals surface area contributed by atoms with E-state index in [0.717, 1.165) is 12.1 Å². The van der Waals surface area contributed by atoms with Crippen molar-refractivity contribution < 1.29 is 32.6 Å². The molecule has 0 saturated heterocycles. The first kappa shape index (κ1) is 19.2. The molecule has 0 spiro atoms. The van der Waals surface area contributed by atoms with Gasteiger partial charge in [0.1, 0.15) is 11.5 Å². The second-order valence-electron chi connectivity index (χ2n) is 5.19. The average molecular weight is 365 g/mol. The fourth-order valence-electron chi connectivity index (χ4n) is 2.12. The third-order valence-corrected chi connectivity index (χ3v) is 3.40. The van der Waals surface area contributed by atoms with E-state index >= 15 is 0 Å². The molecule has 0 atom stereocenters. The van der Waals surface area contributed by atoms with Crippen molar-refractivity contribution in [2.75, 3.05) is 26.1 Å². The number of esters is 1. The fourth-order valence-corrected chi connectivity index (χ4v) is 2.12. The highest BCUT2D eigenvalue weighted by atomic mass is 19.2. The molecule has 0 unspecified atom stereocenters. The largest absolute Gasteiger partial charge is 0.497 e. The fraction of sp³-hybridized carbons (Fsp3) is 0.222. The second-order valence-corrected chi connectivity index (χ2v) is 5.19. The molecule has 0 aromatic heterocycles. The van der Waals surface area contributed by atoms with E-state index in [-0.39, 0.29) is 12.1 Å². The molecule has 0 bridgehead atoms. The number of methoxy groups -OCH3 is 2. The number of nitrogens with one attached hydrogen (secondary N) is 1. The van der Waals surface area contributed by atoms with Crippen LogP contribution in [0.3, 0.4) is 0 Å². The van der Waals surface area contributed by atoms with Gasteiger partial charge < -0.3 is 19.5 Å². The van der Waals surface area contributed by atoms with E-state index < -0.39 is 30.1 Å². The van der Waals surface area contributed by atoms with Crippen LogP contribution in [0.25, 0.3) is 0 Å². The molecule has 138 valence electrons. The number of ether oxygens (including phenoxy) is 3. The molecule has 2 aromatic rings. The summed E-state index contributed by atoms with van der Waals surface area (Å²) in [6.45, 7) is -0.559. The molecule has 0 aliphatic heterocycles. The Bertz CT molecular complexity index is 810. The lowest BCUT2D eigenvalue weighted by molar-refractivity contribution is -0.146. The van der Waals surface area contributed by atoms with Crippen LogP contribution in [0.1, 0.15) is 5.56 Å². The number of carbonyl (C=O) groups is 2. The number of carbonyl (C=O) groups excluding carboxylic acids is 2. The number of hydrogen-bond donors (Lipinski definition) is 1. The van der Waals surface area contributed by atoms with Gasteiger partial charge in [0.15, 0.2) is 18.2 Å². The van der Waals surface area contributed by atoms with Gasteiger partial charge in [-0.3, -0.25) is 9.59 Å². The van der Waals surface area contributed by atoms with Crippen molar-refractivity contribution in [2.24, 2.45) is 0 Å². The van der Waals surface area contributed by atoms with Gasteiger partial charge in [0, 0.05) is 23.4 Å². The average Bonchev–Trinajstić information content (AvgIpc) is 2.63. The lowest BCUT2D eigenvalue weighted by Gasteiger charge is -2.10. The maximum atomic E-state index is 13.1. The van der Waals surface area contributed by atoms with Crippen molar-refractivity contribution in [3.63, 3.8) is 0 Å². The van der Waals surface area contributed by atoms with Gasteiger partial charge >= 0.3 is 5.97 Å². The number of rotatable bonds is 7. The highest BCUT2D eigenvalue weighted by molar-refractivity contribution is 5.92. The van der Waals surface area contributed by atoms with Gasteiger partial charge in [-0.1, -0.05) is 6.07 Å². The lowest BCUT2D eigenvalue weighted by atomic mass is 10.1. The van der Waals surface area contributed by atoms with Crippen molar-refractivity contribution >= 4 is 17.6 Å². The first-order chi connectivity index (χ1) is 12.4. The topological polar surface area (TPSA) is 73.9 Å². The maximum Gasteiger partial charge on any atom is 0.310 e. The predicted octanol–water partition coefficient (Wildman–Crippen LogP) is 2.71. The highest BCUT2D eigenvalue weighted by Crippen LogP contribution is 2.25. The number of anilines is 1. The van der Waals surface area contributed by atoms with Crippen molar-refractivity contribution in [2.45, 2.75) is 6.42 Å². The van der Waals surface area contributed by atoms with Crippen LogP contribution in [0.4, 0.5) is 14.5 Å². The summed E-state index contributed by atoms with van der Waals surface area (Å²) >= 11 is 0. The summed E-state index contributed by atoms with van der Waals surface area (Å²) in [6.07, 6.45) is -0.106. The zero-order chi connectivity index (χ0) is 19.1. The quantitative estimate of drug-likeness (QED) is 0.764. The van der Waals surface area contributed by atoms with E-state index in [1.165, 1.54) is 20.3 Å². The predicted molar refractivity (Wildman–Crippen MR) is 89.2 cm³/mol. The molecule has 0 saturated carbocycles. The third kappa shape index (κ3) is 5.17. The lowest BCUT2D eigenvalue weighted by Crippen LogP contribution is -2.21. The molecule has 1 amide bonds. The highest BCUT2D eigenvalue weighted by Gasteiger charge is 2.13. The van der Waals surface area contributed by atoms with Gasteiger partial charge in [-0.15, -0.1) is 0 Å². The number of halogens is 2. The van der Waals surface area contributed by atoms with Crippen LogP contribution in [-0.2, 0) is 20.7 Å². The third-order valence-electron chi connectivity index (χ3n) is 3.40.